The van der Waals surface area contributed by atoms with Gasteiger partial charge in [0.2, 0.25) is 5.95 Å². The molecule has 2 amide bonds. The highest BCUT2D eigenvalue weighted by atomic mass is 16.2. The van der Waals surface area contributed by atoms with Gasteiger partial charge in [-0.05, 0) is 43.4 Å². The predicted octanol–water partition coefficient (Wildman–Crippen LogP) is 2.27. The molecule has 1 aromatic carbocycles. The number of urea groups is 1. The summed E-state index contributed by atoms with van der Waals surface area (Å²) < 4.78 is 0. The first-order chi connectivity index (χ1) is 13.8. The molecule has 2 N–H and O–H groups in total. The van der Waals surface area contributed by atoms with E-state index in [1.54, 1.807) is 12.4 Å². The van der Waals surface area contributed by atoms with Crippen molar-refractivity contribution < 1.29 is 4.79 Å². The Hall–Kier alpha value is -2.83. The number of piperidine rings is 1. The van der Waals surface area contributed by atoms with E-state index in [-0.39, 0.29) is 12.1 Å². The standard InChI is InChI=1S/C21H28N6O/c28-21(24-15-17-7-12-27(16-17)19-5-2-1-3-6-19)25-18-8-13-26(14-9-18)20-22-10-4-11-23-20/h1-6,10-11,17-18H,7-9,12-16H2,(H2,24,25,28). The molecule has 2 saturated heterocycles. The summed E-state index contributed by atoms with van der Waals surface area (Å²) in [5.41, 5.74) is 1.27. The lowest BCUT2D eigenvalue weighted by Crippen LogP contribution is -2.49. The van der Waals surface area contributed by atoms with Crippen LogP contribution < -0.4 is 20.4 Å². The highest BCUT2D eigenvalue weighted by Gasteiger charge is 2.25. The van der Waals surface area contributed by atoms with Gasteiger partial charge in [-0.1, -0.05) is 18.2 Å². The summed E-state index contributed by atoms with van der Waals surface area (Å²) in [4.78, 5) is 25.5. The highest BCUT2D eigenvalue weighted by molar-refractivity contribution is 5.74. The third-order valence-corrected chi connectivity index (χ3v) is 5.62. The third kappa shape index (κ3) is 4.71. The highest BCUT2D eigenvalue weighted by Crippen LogP contribution is 2.23. The second-order valence-corrected chi connectivity index (χ2v) is 7.60. The zero-order valence-corrected chi connectivity index (χ0v) is 16.1. The van der Waals surface area contributed by atoms with Gasteiger partial charge in [-0.3, -0.25) is 0 Å². The zero-order valence-electron chi connectivity index (χ0n) is 16.1. The van der Waals surface area contributed by atoms with Crippen LogP contribution >= 0.6 is 0 Å². The summed E-state index contributed by atoms with van der Waals surface area (Å²) in [6, 6.07) is 12.5. The average molecular weight is 380 g/mol. The van der Waals surface area contributed by atoms with E-state index in [4.69, 9.17) is 0 Å². The quantitative estimate of drug-likeness (QED) is 0.833. The Kier molecular flexibility index (Phi) is 5.89. The van der Waals surface area contributed by atoms with Crippen molar-refractivity contribution in [3.8, 4) is 0 Å². The van der Waals surface area contributed by atoms with E-state index >= 15 is 0 Å². The minimum atomic E-state index is -0.0485. The number of carbonyl (C=O) groups is 1. The lowest BCUT2D eigenvalue weighted by Gasteiger charge is -2.32. The molecule has 3 heterocycles. The topological polar surface area (TPSA) is 73.4 Å². The lowest BCUT2D eigenvalue weighted by molar-refractivity contribution is 0.233. The molecule has 7 heteroatoms. The number of aromatic nitrogens is 2. The number of hydrogen-bond acceptors (Lipinski definition) is 5. The van der Waals surface area contributed by atoms with Crippen LogP contribution in [0.15, 0.2) is 48.8 Å². The van der Waals surface area contributed by atoms with E-state index in [9.17, 15) is 4.79 Å². The van der Waals surface area contributed by atoms with E-state index in [0.29, 0.717) is 5.92 Å². The summed E-state index contributed by atoms with van der Waals surface area (Å²) in [5, 5.41) is 6.20. The predicted molar refractivity (Wildman–Crippen MR) is 111 cm³/mol. The monoisotopic (exact) mass is 380 g/mol. The van der Waals surface area contributed by atoms with Gasteiger partial charge in [0, 0.05) is 56.8 Å². The maximum absolute atomic E-state index is 12.3. The number of nitrogens with one attached hydrogen (secondary N) is 2. The van der Waals surface area contributed by atoms with Crippen molar-refractivity contribution in [2.24, 2.45) is 5.92 Å². The minimum Gasteiger partial charge on any atom is -0.371 e. The Bertz CT molecular complexity index is 748. The number of hydrogen-bond donors (Lipinski definition) is 2. The summed E-state index contributed by atoms with van der Waals surface area (Å²) in [5.74, 6) is 1.28. The molecule has 148 valence electrons. The van der Waals surface area contributed by atoms with Gasteiger partial charge in [-0.25, -0.2) is 14.8 Å². The average Bonchev–Trinajstić information content (AvgIpc) is 3.23. The fourth-order valence-corrected chi connectivity index (χ4v) is 4.02. The maximum Gasteiger partial charge on any atom is 0.315 e. The number of para-hydroxylation sites is 1. The third-order valence-electron chi connectivity index (χ3n) is 5.62. The van der Waals surface area contributed by atoms with E-state index in [2.05, 4.69) is 54.7 Å². The lowest BCUT2D eigenvalue weighted by atomic mass is 10.1. The zero-order chi connectivity index (χ0) is 19.2. The molecule has 28 heavy (non-hydrogen) atoms. The molecule has 2 aliphatic rings. The largest absolute Gasteiger partial charge is 0.371 e. The van der Waals surface area contributed by atoms with Crippen molar-refractivity contribution in [3.63, 3.8) is 0 Å². The molecule has 1 unspecified atom stereocenters. The smallest absolute Gasteiger partial charge is 0.315 e. The van der Waals surface area contributed by atoms with Crippen LogP contribution in [0.2, 0.25) is 0 Å². The van der Waals surface area contributed by atoms with E-state index < -0.39 is 0 Å². The number of rotatable bonds is 5. The fourth-order valence-electron chi connectivity index (χ4n) is 4.02. The molecule has 2 aromatic rings. The normalized spacial score (nSPS) is 20.2. The first kappa shape index (κ1) is 18.5. The van der Waals surface area contributed by atoms with Crippen molar-refractivity contribution in [3.05, 3.63) is 48.8 Å². The van der Waals surface area contributed by atoms with E-state index in [0.717, 1.165) is 57.9 Å². The first-order valence-electron chi connectivity index (χ1n) is 10.1. The van der Waals surface area contributed by atoms with Crippen LogP contribution in [-0.2, 0) is 0 Å². The molecule has 0 radical (unpaired) electrons. The number of benzene rings is 1. The summed E-state index contributed by atoms with van der Waals surface area (Å²) in [6.07, 6.45) is 6.47. The van der Waals surface area contributed by atoms with Gasteiger partial charge in [0.1, 0.15) is 0 Å². The molecule has 2 aliphatic heterocycles. The molecule has 7 nitrogen and oxygen atoms in total. The number of anilines is 2. The summed E-state index contributed by atoms with van der Waals surface area (Å²) in [7, 11) is 0. The minimum absolute atomic E-state index is 0.0485. The van der Waals surface area contributed by atoms with Crippen molar-refractivity contribution in [1.82, 2.24) is 20.6 Å². The number of carbonyl (C=O) groups excluding carboxylic acids is 1. The van der Waals surface area contributed by atoms with Crippen LogP contribution in [0.25, 0.3) is 0 Å². The molecular weight excluding hydrogens is 352 g/mol. The van der Waals surface area contributed by atoms with Gasteiger partial charge in [0.25, 0.3) is 0 Å². The van der Waals surface area contributed by atoms with Crippen LogP contribution in [0.4, 0.5) is 16.4 Å². The van der Waals surface area contributed by atoms with Crippen molar-refractivity contribution in [2.75, 3.05) is 42.5 Å². The van der Waals surface area contributed by atoms with Crippen molar-refractivity contribution >= 4 is 17.7 Å². The maximum atomic E-state index is 12.3. The SMILES string of the molecule is O=C(NCC1CCN(c2ccccc2)C1)NC1CCN(c2ncccn2)CC1. The Balaban J connectivity index is 1.16. The van der Waals surface area contributed by atoms with Crippen LogP contribution in [0.5, 0.6) is 0 Å². The molecule has 1 atom stereocenters. The second-order valence-electron chi connectivity index (χ2n) is 7.60. The van der Waals surface area contributed by atoms with Gasteiger partial charge < -0.3 is 20.4 Å². The molecule has 0 saturated carbocycles. The molecule has 1 aromatic heterocycles. The van der Waals surface area contributed by atoms with Gasteiger partial charge in [-0.2, -0.15) is 0 Å². The second kappa shape index (κ2) is 8.91. The molecule has 0 bridgehead atoms. The Labute approximate surface area is 166 Å². The van der Waals surface area contributed by atoms with Crippen molar-refractivity contribution in [1.29, 1.82) is 0 Å². The summed E-state index contributed by atoms with van der Waals surface area (Å²) >= 11 is 0. The first-order valence-corrected chi connectivity index (χ1v) is 10.1. The van der Waals surface area contributed by atoms with Crippen LogP contribution in [0, 0.1) is 5.92 Å². The van der Waals surface area contributed by atoms with Gasteiger partial charge >= 0.3 is 6.03 Å². The molecule has 2 fully saturated rings. The molecule has 0 spiro atoms. The number of amides is 2. The van der Waals surface area contributed by atoms with Gasteiger partial charge in [-0.15, -0.1) is 0 Å². The van der Waals surface area contributed by atoms with Crippen LogP contribution in [-0.4, -0.2) is 54.8 Å². The van der Waals surface area contributed by atoms with Crippen molar-refractivity contribution in [2.45, 2.75) is 25.3 Å². The number of nitrogens with zero attached hydrogens (tertiary/aromatic N) is 4. The van der Waals surface area contributed by atoms with Gasteiger partial charge in [0.05, 0.1) is 0 Å². The fraction of sp³-hybridized carbons (Fsp3) is 0.476. The Morgan fingerprint density at radius 3 is 2.43 bits per heavy atom. The molecule has 4 rings (SSSR count). The Morgan fingerprint density at radius 1 is 0.964 bits per heavy atom. The molecule has 0 aliphatic carbocycles. The van der Waals surface area contributed by atoms with Gasteiger partial charge in [0.15, 0.2) is 0 Å². The van der Waals surface area contributed by atoms with E-state index in [1.165, 1.54) is 5.69 Å². The Morgan fingerprint density at radius 2 is 1.68 bits per heavy atom. The molecular formula is C21H28N6O. The van der Waals surface area contributed by atoms with E-state index in [1.807, 2.05) is 12.1 Å². The van der Waals surface area contributed by atoms with Crippen LogP contribution in [0.1, 0.15) is 19.3 Å². The van der Waals surface area contributed by atoms with Crippen LogP contribution in [0.3, 0.4) is 0 Å². The summed E-state index contributed by atoms with van der Waals surface area (Å²) in [6.45, 7) is 4.51.